The predicted octanol–water partition coefficient (Wildman–Crippen LogP) is 9.12. The summed E-state index contributed by atoms with van der Waals surface area (Å²) in [4.78, 5) is 1.04. The van der Waals surface area contributed by atoms with E-state index in [-0.39, 0.29) is 22.3 Å². The highest BCUT2D eigenvalue weighted by Crippen LogP contribution is 2.78. The van der Waals surface area contributed by atoms with Gasteiger partial charge in [-0.3, -0.25) is 0 Å². The summed E-state index contributed by atoms with van der Waals surface area (Å²) in [5.74, 6) is -3.34. The van der Waals surface area contributed by atoms with Crippen LogP contribution < -0.4 is 0 Å². The van der Waals surface area contributed by atoms with E-state index < -0.39 is 38.4 Å². The molecule has 0 N–H and O–H groups in total. The molecule has 6 rings (SSSR count). The van der Waals surface area contributed by atoms with Crippen LogP contribution in [0.2, 0.25) is 0 Å². The molecule has 200 valence electrons. The van der Waals surface area contributed by atoms with Gasteiger partial charge in [0, 0.05) is 44.9 Å². The van der Waals surface area contributed by atoms with Crippen LogP contribution in [0.25, 0.3) is 11.1 Å². The molecule has 2 aliphatic carbocycles. The third-order valence-corrected chi connectivity index (χ3v) is 10.6. The monoisotopic (exact) mass is 572 g/mol. The van der Waals surface area contributed by atoms with Gasteiger partial charge < -0.3 is 0 Å². The van der Waals surface area contributed by atoms with Crippen LogP contribution in [-0.4, -0.2) is 27.3 Å². The van der Waals surface area contributed by atoms with Crippen molar-refractivity contribution in [3.05, 3.63) is 70.8 Å². The fourth-order valence-corrected chi connectivity index (χ4v) is 9.05. The number of hydrogen-bond donors (Lipinski definition) is 0. The molecule has 2 aromatic rings. The summed E-state index contributed by atoms with van der Waals surface area (Å²) in [6.45, 7) is 3.82. The molecule has 2 aliphatic heterocycles. The lowest BCUT2D eigenvalue weighted by Gasteiger charge is -2.45. The maximum Gasteiger partial charge on any atom is 0.380 e. The van der Waals surface area contributed by atoms with Crippen LogP contribution in [0, 0.1) is 23.7 Å². The minimum atomic E-state index is -5.63. The Balaban J connectivity index is 1.87. The molecule has 0 radical (unpaired) electrons. The first kappa shape index (κ1) is 26.5. The summed E-state index contributed by atoms with van der Waals surface area (Å²) in [5, 5.41) is 0. The highest BCUT2D eigenvalue weighted by molar-refractivity contribution is 8.06. The lowest BCUT2D eigenvalue weighted by Crippen LogP contribution is -2.50. The number of alkyl halides is 6. The Kier molecular flexibility index (Phi) is 5.89. The van der Waals surface area contributed by atoms with Gasteiger partial charge in [-0.05, 0) is 36.1 Å². The van der Waals surface area contributed by atoms with E-state index in [4.69, 9.17) is 0 Å². The average molecular weight is 573 g/mol. The number of hydrogen-bond acceptors (Lipinski definition) is 2. The zero-order valence-corrected chi connectivity index (χ0v) is 22.7. The molecule has 8 heteroatoms. The van der Waals surface area contributed by atoms with E-state index in [1.165, 1.54) is 12.1 Å². The van der Waals surface area contributed by atoms with E-state index in [0.29, 0.717) is 35.5 Å². The number of benzene rings is 2. The number of unbranched alkanes of at least 4 members (excludes halogenated alkanes) is 2. The van der Waals surface area contributed by atoms with Gasteiger partial charge in [-0.1, -0.05) is 85.6 Å². The molecule has 2 atom stereocenters. The fraction of sp³-hybridized carbons (Fsp3) is 0.355. The second-order valence-electron chi connectivity index (χ2n) is 9.89. The smallest absolute Gasteiger partial charge is 0.194 e. The largest absolute Gasteiger partial charge is 0.380 e. The lowest BCUT2D eigenvalue weighted by molar-refractivity contribution is -0.257. The third kappa shape index (κ3) is 3.11. The highest BCUT2D eigenvalue weighted by Gasteiger charge is 2.85. The Labute approximate surface area is 231 Å². The van der Waals surface area contributed by atoms with Crippen LogP contribution in [0.5, 0.6) is 0 Å². The van der Waals surface area contributed by atoms with Crippen molar-refractivity contribution in [2.24, 2.45) is 0 Å². The van der Waals surface area contributed by atoms with Gasteiger partial charge in [0.05, 0.1) is 0 Å². The van der Waals surface area contributed by atoms with Crippen molar-refractivity contribution in [2.45, 2.75) is 76.6 Å². The summed E-state index contributed by atoms with van der Waals surface area (Å²) in [5.41, 5.74) is -2.69. The van der Waals surface area contributed by atoms with Crippen molar-refractivity contribution < 1.29 is 26.3 Å². The van der Waals surface area contributed by atoms with Crippen LogP contribution in [0.1, 0.15) is 50.7 Å². The zero-order chi connectivity index (χ0) is 27.8. The number of halogens is 6. The van der Waals surface area contributed by atoms with E-state index in [9.17, 15) is 0 Å². The SMILES string of the molecule is CCCC#CC12Sc3ccccc3C1=C1C(=C3c4ccccc4SC32C#CCCC)C(F)(F)C(F)(F)C1(F)F. The molecule has 0 nitrogen and oxygen atoms in total. The average Bonchev–Trinajstić information content (AvgIpc) is 3.45. The number of allylic oxidation sites excluding steroid dienone is 2. The Morgan fingerprint density at radius 1 is 0.590 bits per heavy atom. The lowest BCUT2D eigenvalue weighted by atomic mass is 9.67. The minimum absolute atomic E-state index is 0.223. The van der Waals surface area contributed by atoms with Gasteiger partial charge in [0.2, 0.25) is 0 Å². The second-order valence-corrected chi connectivity index (χ2v) is 12.4. The maximum absolute atomic E-state index is 15.9. The number of thioether (sulfide) groups is 2. The van der Waals surface area contributed by atoms with E-state index in [1.807, 2.05) is 13.8 Å². The zero-order valence-electron chi connectivity index (χ0n) is 21.0. The van der Waals surface area contributed by atoms with Crippen LogP contribution in [0.3, 0.4) is 0 Å². The van der Waals surface area contributed by atoms with E-state index >= 15 is 26.3 Å². The Hall–Kier alpha value is -2.68. The van der Waals surface area contributed by atoms with E-state index in [0.717, 1.165) is 23.5 Å². The molecule has 2 unspecified atom stereocenters. The summed E-state index contributed by atoms with van der Waals surface area (Å²) in [6, 6.07) is 13.0. The quantitative estimate of drug-likeness (QED) is 0.260. The molecule has 39 heavy (non-hydrogen) atoms. The molecule has 0 aromatic heterocycles. The Bertz CT molecular complexity index is 1480. The topological polar surface area (TPSA) is 0 Å². The minimum Gasteiger partial charge on any atom is -0.194 e. The summed E-state index contributed by atoms with van der Waals surface area (Å²) < 4.78 is 90.9. The molecule has 4 aliphatic rings. The van der Waals surface area contributed by atoms with Crippen molar-refractivity contribution in [2.75, 3.05) is 0 Å². The molecular formula is C31H22F6S2. The summed E-state index contributed by atoms with van der Waals surface area (Å²) in [6.07, 6.45) is 2.20. The third-order valence-electron chi connectivity index (χ3n) is 7.48. The molecule has 0 spiro atoms. The van der Waals surface area contributed by atoms with Crippen molar-refractivity contribution in [3.63, 3.8) is 0 Å². The molecule has 1 saturated carbocycles. The summed E-state index contributed by atoms with van der Waals surface area (Å²) in [7, 11) is 0. The second kappa shape index (κ2) is 8.66. The van der Waals surface area contributed by atoms with Gasteiger partial charge in [0.15, 0.2) is 0 Å². The molecule has 1 fully saturated rings. The van der Waals surface area contributed by atoms with Gasteiger partial charge in [-0.15, -0.1) is 11.8 Å². The number of fused-ring (bicyclic) bond motifs is 8. The number of rotatable bonds is 2. The Morgan fingerprint density at radius 2 is 0.974 bits per heavy atom. The van der Waals surface area contributed by atoms with Crippen LogP contribution in [0.4, 0.5) is 26.3 Å². The van der Waals surface area contributed by atoms with E-state index in [2.05, 4.69) is 23.7 Å². The normalized spacial score (nSPS) is 27.9. The maximum atomic E-state index is 15.9. The van der Waals surface area contributed by atoms with Crippen LogP contribution in [0.15, 0.2) is 69.5 Å². The molecule has 2 heterocycles. The summed E-state index contributed by atoms with van der Waals surface area (Å²) >= 11 is 2.32. The first-order valence-corrected chi connectivity index (χ1v) is 14.4. The first-order valence-electron chi connectivity index (χ1n) is 12.7. The highest BCUT2D eigenvalue weighted by atomic mass is 32.2. The molecule has 0 bridgehead atoms. The van der Waals surface area contributed by atoms with E-state index in [1.54, 1.807) is 36.4 Å². The van der Waals surface area contributed by atoms with Crippen molar-refractivity contribution >= 4 is 34.7 Å². The van der Waals surface area contributed by atoms with Gasteiger partial charge in [0.25, 0.3) is 0 Å². The van der Waals surface area contributed by atoms with Gasteiger partial charge in [-0.25, -0.2) is 0 Å². The van der Waals surface area contributed by atoms with Crippen molar-refractivity contribution in [3.8, 4) is 23.7 Å². The molecule has 2 aromatic carbocycles. The fourth-order valence-electron chi connectivity index (χ4n) is 5.82. The van der Waals surface area contributed by atoms with Gasteiger partial charge >= 0.3 is 17.8 Å². The van der Waals surface area contributed by atoms with Crippen LogP contribution in [-0.2, 0) is 0 Å². The predicted molar refractivity (Wildman–Crippen MR) is 144 cm³/mol. The van der Waals surface area contributed by atoms with Crippen LogP contribution >= 0.6 is 23.5 Å². The molecule has 0 saturated heterocycles. The first-order chi connectivity index (χ1) is 18.5. The standard InChI is InChI=1S/C31H22F6S2/c1-3-5-11-17-27-23(19-13-7-9-15-21(19)38-27)25-26(30(34,35)31(36,37)29(25,32)33)24-20-14-8-10-16-22(20)39-28(24,27)18-12-6-4-2/h7-10,13-16H,3-6H2,1-2H3. The Morgan fingerprint density at radius 3 is 1.36 bits per heavy atom. The molecule has 0 amide bonds. The van der Waals surface area contributed by atoms with Crippen molar-refractivity contribution in [1.82, 2.24) is 0 Å². The van der Waals surface area contributed by atoms with Gasteiger partial charge in [0.1, 0.15) is 9.49 Å². The van der Waals surface area contributed by atoms with Crippen molar-refractivity contribution in [1.29, 1.82) is 0 Å². The molecular weight excluding hydrogens is 550 g/mol. The van der Waals surface area contributed by atoms with Gasteiger partial charge in [-0.2, -0.15) is 26.3 Å².